The molecule has 0 saturated carbocycles. The largest absolute Gasteiger partial charge is 0.360 e. The second kappa shape index (κ2) is 7.19. The number of amides is 1. The van der Waals surface area contributed by atoms with Crippen molar-refractivity contribution in [1.82, 2.24) is 15.0 Å². The van der Waals surface area contributed by atoms with Crippen LogP contribution in [-0.2, 0) is 19.4 Å². The van der Waals surface area contributed by atoms with Gasteiger partial charge >= 0.3 is 0 Å². The summed E-state index contributed by atoms with van der Waals surface area (Å²) in [5, 5.41) is 4.08. The van der Waals surface area contributed by atoms with Crippen LogP contribution in [0.25, 0.3) is 0 Å². The molecular formula is C20H24FN3O2. The van der Waals surface area contributed by atoms with Gasteiger partial charge in [-0.3, -0.25) is 9.69 Å². The predicted octanol–water partition coefficient (Wildman–Crippen LogP) is 2.90. The van der Waals surface area contributed by atoms with E-state index in [1.165, 1.54) is 6.07 Å². The Hall–Kier alpha value is -2.21. The molecule has 1 fully saturated rings. The number of aromatic nitrogens is 1. The van der Waals surface area contributed by atoms with Gasteiger partial charge in [0.05, 0.1) is 0 Å². The standard InChI is InChI=1S/C20H24FN3O2/c1-14-6-7-18-16(12-14)19(22-26-18)20(25)24-10-8-23(9-11-24)13-15-4-2-3-5-17(15)21/h2-5,14H,6-13H2,1H3. The third-order valence-electron chi connectivity index (χ3n) is 5.50. The number of carbonyl (C=O) groups is 1. The van der Waals surface area contributed by atoms with E-state index in [-0.39, 0.29) is 11.7 Å². The van der Waals surface area contributed by atoms with Gasteiger partial charge in [0.1, 0.15) is 11.6 Å². The molecule has 1 atom stereocenters. The van der Waals surface area contributed by atoms with Crippen LogP contribution in [0, 0.1) is 11.7 Å². The molecule has 1 amide bonds. The topological polar surface area (TPSA) is 49.6 Å². The third kappa shape index (κ3) is 3.38. The molecule has 1 aliphatic carbocycles. The van der Waals surface area contributed by atoms with Gasteiger partial charge in [0.2, 0.25) is 0 Å². The maximum atomic E-state index is 13.8. The van der Waals surface area contributed by atoms with Crippen molar-refractivity contribution in [2.45, 2.75) is 32.7 Å². The van der Waals surface area contributed by atoms with Crippen molar-refractivity contribution in [2.24, 2.45) is 5.92 Å². The van der Waals surface area contributed by atoms with Gasteiger partial charge in [-0.25, -0.2) is 4.39 Å². The second-order valence-electron chi connectivity index (χ2n) is 7.44. The lowest BCUT2D eigenvalue weighted by molar-refractivity contribution is 0.0616. The van der Waals surface area contributed by atoms with Crippen LogP contribution < -0.4 is 0 Å². The maximum Gasteiger partial charge on any atom is 0.276 e. The van der Waals surface area contributed by atoms with Crippen LogP contribution in [0.15, 0.2) is 28.8 Å². The minimum atomic E-state index is -0.172. The number of hydrogen-bond donors (Lipinski definition) is 0. The van der Waals surface area contributed by atoms with Crippen LogP contribution in [0.2, 0.25) is 0 Å². The highest BCUT2D eigenvalue weighted by molar-refractivity contribution is 5.94. The molecule has 5 nitrogen and oxygen atoms in total. The smallest absolute Gasteiger partial charge is 0.276 e. The molecule has 0 radical (unpaired) electrons. The summed E-state index contributed by atoms with van der Waals surface area (Å²) in [6, 6.07) is 6.86. The van der Waals surface area contributed by atoms with Gasteiger partial charge in [-0.2, -0.15) is 0 Å². The van der Waals surface area contributed by atoms with Gasteiger partial charge in [0.25, 0.3) is 5.91 Å². The average Bonchev–Trinajstić information content (AvgIpc) is 3.06. The van der Waals surface area contributed by atoms with E-state index in [4.69, 9.17) is 4.52 Å². The van der Waals surface area contributed by atoms with Crippen molar-refractivity contribution in [3.63, 3.8) is 0 Å². The lowest BCUT2D eigenvalue weighted by Crippen LogP contribution is -2.48. The molecule has 1 aromatic heterocycles. The van der Waals surface area contributed by atoms with Crippen LogP contribution in [0.5, 0.6) is 0 Å². The van der Waals surface area contributed by atoms with E-state index >= 15 is 0 Å². The first-order valence-corrected chi connectivity index (χ1v) is 9.34. The molecular weight excluding hydrogens is 333 g/mol. The lowest BCUT2D eigenvalue weighted by Gasteiger charge is -2.34. The molecule has 138 valence electrons. The summed E-state index contributed by atoms with van der Waals surface area (Å²) < 4.78 is 19.2. The Bertz CT molecular complexity index is 796. The van der Waals surface area contributed by atoms with Gasteiger partial charge in [-0.15, -0.1) is 0 Å². The van der Waals surface area contributed by atoms with Crippen molar-refractivity contribution >= 4 is 5.91 Å². The summed E-state index contributed by atoms with van der Waals surface area (Å²) in [6.45, 7) is 5.50. The Morgan fingerprint density at radius 1 is 1.27 bits per heavy atom. The molecule has 0 spiro atoms. The van der Waals surface area contributed by atoms with Crippen LogP contribution in [0.1, 0.15) is 40.7 Å². The first kappa shape index (κ1) is 17.2. The monoisotopic (exact) mass is 357 g/mol. The molecule has 2 aromatic rings. The average molecular weight is 357 g/mol. The fourth-order valence-electron chi connectivity index (χ4n) is 3.87. The number of nitrogens with zero attached hydrogens (tertiary/aromatic N) is 3. The fourth-order valence-corrected chi connectivity index (χ4v) is 3.87. The molecule has 26 heavy (non-hydrogen) atoms. The minimum absolute atomic E-state index is 0.0327. The summed E-state index contributed by atoms with van der Waals surface area (Å²) in [6.07, 6.45) is 2.82. The van der Waals surface area contributed by atoms with Crippen LogP contribution in [-0.4, -0.2) is 47.0 Å². The zero-order valence-corrected chi connectivity index (χ0v) is 15.1. The molecule has 1 saturated heterocycles. The van der Waals surface area contributed by atoms with Crippen molar-refractivity contribution in [2.75, 3.05) is 26.2 Å². The highest BCUT2D eigenvalue weighted by Gasteiger charge is 2.31. The van der Waals surface area contributed by atoms with E-state index < -0.39 is 0 Å². The van der Waals surface area contributed by atoms with E-state index in [2.05, 4.69) is 17.0 Å². The minimum Gasteiger partial charge on any atom is -0.360 e. The van der Waals surface area contributed by atoms with E-state index in [0.29, 0.717) is 36.8 Å². The Balaban J connectivity index is 1.38. The maximum absolute atomic E-state index is 13.8. The SMILES string of the molecule is CC1CCc2onc(C(=O)N3CCN(Cc4ccccc4F)CC3)c2C1. The molecule has 1 aromatic carbocycles. The van der Waals surface area contributed by atoms with Gasteiger partial charge in [-0.05, 0) is 24.8 Å². The first-order valence-electron chi connectivity index (χ1n) is 9.34. The summed E-state index contributed by atoms with van der Waals surface area (Å²) >= 11 is 0. The second-order valence-corrected chi connectivity index (χ2v) is 7.44. The molecule has 4 rings (SSSR count). The number of aryl methyl sites for hydroxylation is 1. The van der Waals surface area contributed by atoms with Crippen molar-refractivity contribution in [1.29, 1.82) is 0 Å². The van der Waals surface area contributed by atoms with Crippen LogP contribution in [0.3, 0.4) is 0 Å². The zero-order valence-electron chi connectivity index (χ0n) is 15.1. The van der Waals surface area contributed by atoms with Crippen molar-refractivity contribution in [3.05, 3.63) is 52.7 Å². The molecule has 2 heterocycles. The van der Waals surface area contributed by atoms with E-state index in [9.17, 15) is 9.18 Å². The number of fused-ring (bicyclic) bond motifs is 1. The summed E-state index contributed by atoms with van der Waals surface area (Å²) in [5.41, 5.74) is 2.20. The fraction of sp³-hybridized carbons (Fsp3) is 0.500. The van der Waals surface area contributed by atoms with Crippen LogP contribution >= 0.6 is 0 Å². The van der Waals surface area contributed by atoms with Gasteiger partial charge in [-0.1, -0.05) is 30.3 Å². The van der Waals surface area contributed by atoms with Crippen LogP contribution in [0.4, 0.5) is 4.39 Å². The summed E-state index contributed by atoms with van der Waals surface area (Å²) in [4.78, 5) is 16.9. The number of carbonyl (C=O) groups excluding carboxylic acids is 1. The highest BCUT2D eigenvalue weighted by atomic mass is 19.1. The number of hydrogen-bond acceptors (Lipinski definition) is 4. The first-order chi connectivity index (χ1) is 12.6. The summed E-state index contributed by atoms with van der Waals surface area (Å²) in [5.74, 6) is 1.24. The number of halogens is 1. The molecule has 2 aliphatic rings. The molecule has 0 N–H and O–H groups in total. The Morgan fingerprint density at radius 3 is 2.81 bits per heavy atom. The highest BCUT2D eigenvalue weighted by Crippen LogP contribution is 2.28. The normalized spacial score (nSPS) is 20.8. The van der Waals surface area contributed by atoms with Crippen molar-refractivity contribution < 1.29 is 13.7 Å². The Labute approximate surface area is 152 Å². The van der Waals surface area contributed by atoms with Gasteiger partial charge in [0.15, 0.2) is 5.69 Å². The van der Waals surface area contributed by atoms with Gasteiger partial charge in [0, 0.05) is 50.3 Å². The number of piperazine rings is 1. The number of benzene rings is 1. The van der Waals surface area contributed by atoms with Gasteiger partial charge < -0.3 is 9.42 Å². The van der Waals surface area contributed by atoms with Crippen molar-refractivity contribution in [3.8, 4) is 0 Å². The molecule has 6 heteroatoms. The molecule has 1 unspecified atom stereocenters. The van der Waals surface area contributed by atoms with E-state index in [1.54, 1.807) is 6.07 Å². The molecule has 1 aliphatic heterocycles. The number of rotatable bonds is 3. The summed E-state index contributed by atoms with van der Waals surface area (Å²) in [7, 11) is 0. The zero-order chi connectivity index (χ0) is 18.1. The molecule has 0 bridgehead atoms. The van der Waals surface area contributed by atoms with E-state index in [0.717, 1.165) is 43.7 Å². The van der Waals surface area contributed by atoms with E-state index in [1.807, 2.05) is 17.0 Å². The Morgan fingerprint density at radius 2 is 2.04 bits per heavy atom. The third-order valence-corrected chi connectivity index (χ3v) is 5.50. The lowest BCUT2D eigenvalue weighted by atomic mass is 9.88. The quantitative estimate of drug-likeness (QED) is 0.848. The Kier molecular flexibility index (Phi) is 4.76. The predicted molar refractivity (Wildman–Crippen MR) is 95.3 cm³/mol.